The minimum atomic E-state index is -3.74. The molecule has 2 aliphatic rings. The van der Waals surface area contributed by atoms with Crippen LogP contribution in [0.4, 0.5) is 8.78 Å². The van der Waals surface area contributed by atoms with Gasteiger partial charge in [0, 0.05) is 38.8 Å². The van der Waals surface area contributed by atoms with Crippen LogP contribution < -0.4 is 0 Å². The number of aryl methyl sites for hydroxylation is 1. The summed E-state index contributed by atoms with van der Waals surface area (Å²) in [6, 6.07) is 2.74. The molecule has 4 rings (SSSR count). The van der Waals surface area contributed by atoms with Crippen LogP contribution >= 0.6 is 0 Å². The average Bonchev–Trinajstić information content (AvgIpc) is 3.10. The van der Waals surface area contributed by atoms with E-state index in [1.54, 1.807) is 11.1 Å². The van der Waals surface area contributed by atoms with Gasteiger partial charge in [0.25, 0.3) is 5.91 Å². The number of sulfonamides is 1. The zero-order valence-electron chi connectivity index (χ0n) is 15.9. The molecule has 0 N–H and O–H groups in total. The number of rotatable bonds is 4. The number of hydrogen-bond acceptors (Lipinski definition) is 4. The lowest BCUT2D eigenvalue weighted by molar-refractivity contribution is 0.0696. The van der Waals surface area contributed by atoms with E-state index in [2.05, 4.69) is 5.10 Å². The Kier molecular flexibility index (Phi) is 5.39. The summed E-state index contributed by atoms with van der Waals surface area (Å²) in [5, 5.41) is 4.29. The van der Waals surface area contributed by atoms with Gasteiger partial charge in [-0.05, 0) is 37.0 Å². The highest BCUT2D eigenvalue weighted by Gasteiger charge is 2.31. The van der Waals surface area contributed by atoms with Crippen LogP contribution in [0.1, 0.15) is 34.5 Å². The first-order valence-corrected chi connectivity index (χ1v) is 11.2. The number of amides is 1. The van der Waals surface area contributed by atoms with Gasteiger partial charge < -0.3 is 4.90 Å². The zero-order valence-corrected chi connectivity index (χ0v) is 16.7. The Morgan fingerprint density at radius 2 is 1.69 bits per heavy atom. The number of halogens is 2. The van der Waals surface area contributed by atoms with Crippen LogP contribution in [0.25, 0.3) is 0 Å². The molecular weight excluding hydrogens is 402 g/mol. The molecule has 1 saturated heterocycles. The summed E-state index contributed by atoms with van der Waals surface area (Å²) in [4.78, 5) is 14.5. The molecule has 1 aromatic carbocycles. The van der Waals surface area contributed by atoms with Crippen molar-refractivity contribution in [1.82, 2.24) is 19.0 Å². The fourth-order valence-electron chi connectivity index (χ4n) is 3.94. The van der Waals surface area contributed by atoms with Gasteiger partial charge in [-0.3, -0.25) is 9.48 Å². The van der Waals surface area contributed by atoms with E-state index in [-0.39, 0.29) is 37.6 Å². The molecule has 1 fully saturated rings. The van der Waals surface area contributed by atoms with Crippen LogP contribution in [0.5, 0.6) is 0 Å². The second-order valence-electron chi connectivity index (χ2n) is 7.41. The number of carbonyl (C=O) groups is 1. The largest absolute Gasteiger partial charge is 0.336 e. The van der Waals surface area contributed by atoms with Gasteiger partial charge in [0.1, 0.15) is 11.6 Å². The van der Waals surface area contributed by atoms with E-state index >= 15 is 0 Å². The SMILES string of the molecule is O=C(c1cnn2c1CCCC2)N1CCN(S(=O)(=O)Cc2cc(F)cc(F)c2)CC1. The summed E-state index contributed by atoms with van der Waals surface area (Å²) in [6.07, 6.45) is 4.50. The Morgan fingerprint density at radius 1 is 1.00 bits per heavy atom. The third-order valence-electron chi connectivity index (χ3n) is 5.40. The van der Waals surface area contributed by atoms with Crippen LogP contribution in [0.2, 0.25) is 0 Å². The van der Waals surface area contributed by atoms with Crippen LogP contribution in [-0.2, 0) is 28.7 Å². The van der Waals surface area contributed by atoms with Gasteiger partial charge in [-0.25, -0.2) is 17.2 Å². The first-order valence-electron chi connectivity index (χ1n) is 9.60. The van der Waals surface area contributed by atoms with E-state index in [1.165, 1.54) is 4.31 Å². The highest BCUT2D eigenvalue weighted by atomic mass is 32.2. The lowest BCUT2D eigenvalue weighted by Gasteiger charge is -2.34. The predicted octanol–water partition coefficient (Wildman–Crippen LogP) is 1.79. The molecule has 29 heavy (non-hydrogen) atoms. The quantitative estimate of drug-likeness (QED) is 0.750. The van der Waals surface area contributed by atoms with E-state index in [1.807, 2.05) is 4.68 Å². The normalized spacial score (nSPS) is 17.9. The smallest absolute Gasteiger partial charge is 0.257 e. The van der Waals surface area contributed by atoms with Crippen LogP contribution in [0.3, 0.4) is 0 Å². The van der Waals surface area contributed by atoms with Crippen molar-refractivity contribution in [2.75, 3.05) is 26.2 Å². The zero-order chi connectivity index (χ0) is 20.6. The van der Waals surface area contributed by atoms with E-state index in [0.29, 0.717) is 11.6 Å². The molecular formula is C19H22F2N4O3S. The van der Waals surface area contributed by atoms with Crippen molar-refractivity contribution in [3.63, 3.8) is 0 Å². The topological polar surface area (TPSA) is 75.5 Å². The molecule has 10 heteroatoms. The lowest BCUT2D eigenvalue weighted by Crippen LogP contribution is -2.50. The molecule has 0 unspecified atom stereocenters. The van der Waals surface area contributed by atoms with E-state index < -0.39 is 27.4 Å². The van der Waals surface area contributed by atoms with Crippen molar-refractivity contribution in [3.05, 3.63) is 52.9 Å². The van der Waals surface area contributed by atoms with E-state index in [9.17, 15) is 22.0 Å². The molecule has 1 amide bonds. The number of fused-ring (bicyclic) bond motifs is 1. The average molecular weight is 424 g/mol. The Hall–Kier alpha value is -2.33. The van der Waals surface area contributed by atoms with Crippen molar-refractivity contribution < 1.29 is 22.0 Å². The van der Waals surface area contributed by atoms with E-state index in [4.69, 9.17) is 0 Å². The van der Waals surface area contributed by atoms with Crippen molar-refractivity contribution >= 4 is 15.9 Å². The fraction of sp³-hybridized carbons (Fsp3) is 0.474. The monoisotopic (exact) mass is 424 g/mol. The van der Waals surface area contributed by atoms with Gasteiger partial charge in [0.15, 0.2) is 0 Å². The minimum Gasteiger partial charge on any atom is -0.336 e. The number of aromatic nitrogens is 2. The molecule has 3 heterocycles. The van der Waals surface area contributed by atoms with Gasteiger partial charge in [-0.1, -0.05) is 0 Å². The number of nitrogens with zero attached hydrogens (tertiary/aromatic N) is 4. The summed E-state index contributed by atoms with van der Waals surface area (Å²) in [5.74, 6) is -2.23. The van der Waals surface area contributed by atoms with Crippen LogP contribution in [-0.4, -0.2) is 59.5 Å². The summed E-state index contributed by atoms with van der Waals surface area (Å²) in [7, 11) is -3.74. The molecule has 0 atom stereocenters. The third kappa shape index (κ3) is 4.18. The van der Waals surface area contributed by atoms with Crippen molar-refractivity contribution in [3.8, 4) is 0 Å². The molecule has 2 aliphatic heterocycles. The molecule has 0 bridgehead atoms. The number of benzene rings is 1. The Labute approximate surface area is 168 Å². The maximum Gasteiger partial charge on any atom is 0.257 e. The maximum absolute atomic E-state index is 13.3. The number of carbonyl (C=O) groups excluding carboxylic acids is 1. The van der Waals surface area contributed by atoms with Crippen LogP contribution in [0, 0.1) is 11.6 Å². The Morgan fingerprint density at radius 3 is 2.38 bits per heavy atom. The number of hydrogen-bond donors (Lipinski definition) is 0. The molecule has 0 spiro atoms. The Balaban J connectivity index is 1.41. The molecule has 0 saturated carbocycles. The van der Waals surface area contributed by atoms with Crippen LogP contribution in [0.15, 0.2) is 24.4 Å². The maximum atomic E-state index is 13.3. The molecule has 2 aromatic rings. The van der Waals surface area contributed by atoms with Gasteiger partial charge in [0.05, 0.1) is 23.2 Å². The second kappa shape index (κ2) is 7.83. The molecule has 0 radical (unpaired) electrons. The van der Waals surface area contributed by atoms with Gasteiger partial charge >= 0.3 is 0 Å². The molecule has 0 aliphatic carbocycles. The van der Waals surface area contributed by atoms with Gasteiger partial charge in [-0.2, -0.15) is 9.40 Å². The second-order valence-corrected chi connectivity index (χ2v) is 9.38. The summed E-state index contributed by atoms with van der Waals surface area (Å²) >= 11 is 0. The van der Waals surface area contributed by atoms with Crippen molar-refractivity contribution in [2.24, 2.45) is 0 Å². The van der Waals surface area contributed by atoms with Crippen molar-refractivity contribution in [2.45, 2.75) is 31.6 Å². The van der Waals surface area contributed by atoms with E-state index in [0.717, 1.165) is 43.6 Å². The molecule has 7 nitrogen and oxygen atoms in total. The van der Waals surface area contributed by atoms with Gasteiger partial charge in [0.2, 0.25) is 10.0 Å². The third-order valence-corrected chi connectivity index (χ3v) is 7.25. The first kappa shape index (κ1) is 20.0. The summed E-state index contributed by atoms with van der Waals surface area (Å²) in [5.41, 5.74) is 1.60. The van der Waals surface area contributed by atoms with Crippen molar-refractivity contribution in [1.29, 1.82) is 0 Å². The fourth-order valence-corrected chi connectivity index (χ4v) is 5.43. The Bertz CT molecular complexity index is 1010. The highest BCUT2D eigenvalue weighted by Crippen LogP contribution is 2.21. The lowest BCUT2D eigenvalue weighted by atomic mass is 10.1. The highest BCUT2D eigenvalue weighted by molar-refractivity contribution is 7.88. The minimum absolute atomic E-state index is 0.0625. The molecule has 1 aromatic heterocycles. The first-order chi connectivity index (χ1) is 13.8. The molecule has 156 valence electrons. The summed E-state index contributed by atoms with van der Waals surface area (Å²) < 4.78 is 55.1. The number of piperazine rings is 1. The standard InChI is InChI=1S/C19H22F2N4O3S/c20-15-9-14(10-16(21)11-15)13-29(27,28)24-7-5-23(6-8-24)19(26)17-12-22-25-4-2-1-3-18(17)25/h9-12H,1-8,13H2. The predicted molar refractivity (Wildman–Crippen MR) is 102 cm³/mol. The summed E-state index contributed by atoms with van der Waals surface area (Å²) in [6.45, 7) is 1.64. The van der Waals surface area contributed by atoms with Gasteiger partial charge in [-0.15, -0.1) is 0 Å².